The molecule has 0 spiro atoms. The highest BCUT2D eigenvalue weighted by Crippen LogP contribution is 2.40. The molecule has 2 aliphatic rings. The molecule has 20 heavy (non-hydrogen) atoms. The molecule has 118 valence electrons. The fourth-order valence-electron chi connectivity index (χ4n) is 4.75. The lowest BCUT2D eigenvalue weighted by atomic mass is 9.71. The van der Waals surface area contributed by atoms with E-state index in [-0.39, 0.29) is 0 Å². The summed E-state index contributed by atoms with van der Waals surface area (Å²) in [6.45, 7) is 10.5. The van der Waals surface area contributed by atoms with Gasteiger partial charge in [0.2, 0.25) is 0 Å². The van der Waals surface area contributed by atoms with Crippen LogP contribution in [0.2, 0.25) is 0 Å². The van der Waals surface area contributed by atoms with Gasteiger partial charge >= 0.3 is 0 Å². The predicted octanol–water partition coefficient (Wildman–Crippen LogP) is 4.04. The maximum Gasteiger partial charge on any atom is 0.0334 e. The number of hydrogen-bond donors (Lipinski definition) is 1. The van der Waals surface area contributed by atoms with Gasteiger partial charge in [0.1, 0.15) is 0 Å². The molecule has 0 aromatic carbocycles. The zero-order valence-corrected chi connectivity index (χ0v) is 14.0. The molecule has 2 N–H and O–H groups in total. The smallest absolute Gasteiger partial charge is 0.0334 e. The van der Waals surface area contributed by atoms with Gasteiger partial charge in [0.15, 0.2) is 0 Å². The quantitative estimate of drug-likeness (QED) is 0.823. The van der Waals surface area contributed by atoms with Crippen LogP contribution in [0.25, 0.3) is 0 Å². The summed E-state index contributed by atoms with van der Waals surface area (Å²) in [4.78, 5) is 2.78. The molecule has 2 heteroatoms. The van der Waals surface area contributed by atoms with Crippen molar-refractivity contribution in [2.75, 3.05) is 19.6 Å². The van der Waals surface area contributed by atoms with Crippen molar-refractivity contribution in [3.63, 3.8) is 0 Å². The van der Waals surface area contributed by atoms with Gasteiger partial charge in [-0.25, -0.2) is 0 Å². The Morgan fingerprint density at radius 2 is 1.85 bits per heavy atom. The molecule has 0 aromatic rings. The third-order valence-corrected chi connectivity index (χ3v) is 5.97. The number of nitrogens with zero attached hydrogens (tertiary/aromatic N) is 1. The van der Waals surface area contributed by atoms with Gasteiger partial charge in [-0.05, 0) is 62.9 Å². The fraction of sp³-hybridized carbons (Fsp3) is 1.00. The molecule has 1 heterocycles. The van der Waals surface area contributed by atoms with Crippen molar-refractivity contribution in [2.24, 2.45) is 23.5 Å². The zero-order valence-electron chi connectivity index (χ0n) is 14.0. The SMILES string of the molecule is CCC1CCN(C2(CN)CCCC(CC(C)C)C2)CC1. The second kappa shape index (κ2) is 7.26. The Morgan fingerprint density at radius 3 is 2.40 bits per heavy atom. The van der Waals surface area contributed by atoms with E-state index in [2.05, 4.69) is 25.7 Å². The summed E-state index contributed by atoms with van der Waals surface area (Å²) >= 11 is 0. The normalized spacial score (nSPS) is 33.8. The van der Waals surface area contributed by atoms with E-state index in [1.165, 1.54) is 64.5 Å². The zero-order chi connectivity index (χ0) is 14.6. The molecule has 1 saturated carbocycles. The number of hydrogen-bond acceptors (Lipinski definition) is 2. The van der Waals surface area contributed by atoms with Crippen LogP contribution in [0.3, 0.4) is 0 Å². The van der Waals surface area contributed by atoms with Gasteiger partial charge in [0.05, 0.1) is 0 Å². The molecule has 2 fully saturated rings. The second-order valence-corrected chi connectivity index (χ2v) is 7.86. The number of rotatable bonds is 5. The van der Waals surface area contributed by atoms with Crippen molar-refractivity contribution in [3.05, 3.63) is 0 Å². The lowest BCUT2D eigenvalue weighted by Gasteiger charge is -2.51. The maximum absolute atomic E-state index is 6.29. The molecule has 2 rings (SSSR count). The monoisotopic (exact) mass is 280 g/mol. The van der Waals surface area contributed by atoms with Crippen molar-refractivity contribution >= 4 is 0 Å². The highest BCUT2D eigenvalue weighted by Gasteiger charge is 2.41. The Labute approximate surface area is 126 Å². The predicted molar refractivity (Wildman–Crippen MR) is 87.8 cm³/mol. The highest BCUT2D eigenvalue weighted by atomic mass is 15.2. The minimum Gasteiger partial charge on any atom is -0.329 e. The van der Waals surface area contributed by atoms with Crippen LogP contribution in [0.5, 0.6) is 0 Å². The lowest BCUT2D eigenvalue weighted by Crippen LogP contribution is -2.58. The molecule has 1 saturated heterocycles. The second-order valence-electron chi connectivity index (χ2n) is 7.86. The van der Waals surface area contributed by atoms with Crippen LogP contribution in [-0.4, -0.2) is 30.1 Å². The Hall–Kier alpha value is -0.0800. The summed E-state index contributed by atoms with van der Waals surface area (Å²) in [6.07, 6.45) is 11.1. The summed E-state index contributed by atoms with van der Waals surface area (Å²) in [5.41, 5.74) is 6.63. The third-order valence-electron chi connectivity index (χ3n) is 5.97. The molecule has 0 aromatic heterocycles. The van der Waals surface area contributed by atoms with Crippen molar-refractivity contribution in [1.29, 1.82) is 0 Å². The molecule has 1 aliphatic heterocycles. The molecule has 1 aliphatic carbocycles. The molecular weight excluding hydrogens is 244 g/mol. The van der Waals surface area contributed by atoms with Crippen LogP contribution in [0, 0.1) is 17.8 Å². The van der Waals surface area contributed by atoms with E-state index in [0.717, 1.165) is 24.3 Å². The largest absolute Gasteiger partial charge is 0.329 e. The van der Waals surface area contributed by atoms with E-state index in [4.69, 9.17) is 5.73 Å². The van der Waals surface area contributed by atoms with E-state index in [1.54, 1.807) is 0 Å². The first-order valence-corrected chi connectivity index (χ1v) is 9.04. The number of likely N-dealkylation sites (tertiary alicyclic amines) is 1. The first-order valence-electron chi connectivity index (χ1n) is 9.04. The van der Waals surface area contributed by atoms with Gasteiger partial charge in [-0.1, -0.05) is 40.0 Å². The average Bonchev–Trinajstić information content (AvgIpc) is 2.47. The van der Waals surface area contributed by atoms with Crippen molar-refractivity contribution in [3.8, 4) is 0 Å². The van der Waals surface area contributed by atoms with Crippen LogP contribution >= 0.6 is 0 Å². The number of nitrogens with two attached hydrogens (primary N) is 1. The highest BCUT2D eigenvalue weighted by molar-refractivity contribution is 4.98. The third kappa shape index (κ3) is 3.76. The van der Waals surface area contributed by atoms with Gasteiger partial charge in [-0.3, -0.25) is 4.90 Å². The molecule has 0 radical (unpaired) electrons. The molecule has 0 bridgehead atoms. The Bertz CT molecular complexity index is 281. The standard InChI is InChI=1S/C18H36N2/c1-4-16-7-10-20(11-8-16)18(14-19)9-5-6-17(13-18)12-15(2)3/h15-17H,4-14,19H2,1-3H3. The van der Waals surface area contributed by atoms with Crippen LogP contribution in [0.15, 0.2) is 0 Å². The summed E-state index contributed by atoms with van der Waals surface area (Å²) in [5.74, 6) is 2.71. The molecule has 2 nitrogen and oxygen atoms in total. The van der Waals surface area contributed by atoms with Gasteiger partial charge in [-0.15, -0.1) is 0 Å². The van der Waals surface area contributed by atoms with Gasteiger partial charge < -0.3 is 5.73 Å². The minimum atomic E-state index is 0.344. The molecule has 2 atom stereocenters. The summed E-state index contributed by atoms with van der Waals surface area (Å²) < 4.78 is 0. The van der Waals surface area contributed by atoms with Gasteiger partial charge in [-0.2, -0.15) is 0 Å². The van der Waals surface area contributed by atoms with Crippen molar-refractivity contribution < 1.29 is 0 Å². The lowest BCUT2D eigenvalue weighted by molar-refractivity contribution is 0.00647. The topological polar surface area (TPSA) is 29.3 Å². The molecule has 2 unspecified atom stereocenters. The number of piperidine rings is 1. The summed E-state index contributed by atoms with van der Waals surface area (Å²) in [7, 11) is 0. The Balaban J connectivity index is 1.97. The average molecular weight is 281 g/mol. The van der Waals surface area contributed by atoms with Crippen LogP contribution in [-0.2, 0) is 0 Å². The Morgan fingerprint density at radius 1 is 1.15 bits per heavy atom. The van der Waals surface area contributed by atoms with E-state index >= 15 is 0 Å². The van der Waals surface area contributed by atoms with Crippen molar-refractivity contribution in [2.45, 2.75) is 77.7 Å². The van der Waals surface area contributed by atoms with Gasteiger partial charge in [0.25, 0.3) is 0 Å². The van der Waals surface area contributed by atoms with Crippen LogP contribution in [0.4, 0.5) is 0 Å². The van der Waals surface area contributed by atoms with Crippen LogP contribution < -0.4 is 5.73 Å². The summed E-state index contributed by atoms with van der Waals surface area (Å²) in [5, 5.41) is 0. The molecular formula is C18H36N2. The van der Waals surface area contributed by atoms with E-state index in [0.29, 0.717) is 5.54 Å². The van der Waals surface area contributed by atoms with E-state index < -0.39 is 0 Å². The minimum absolute atomic E-state index is 0.344. The molecule has 0 amide bonds. The Kier molecular flexibility index (Phi) is 5.92. The first-order chi connectivity index (χ1) is 9.59. The van der Waals surface area contributed by atoms with Gasteiger partial charge in [0, 0.05) is 12.1 Å². The summed E-state index contributed by atoms with van der Waals surface area (Å²) in [6, 6.07) is 0. The first kappa shape index (κ1) is 16.3. The maximum atomic E-state index is 6.29. The van der Waals surface area contributed by atoms with Crippen molar-refractivity contribution in [1.82, 2.24) is 4.90 Å². The van der Waals surface area contributed by atoms with E-state index in [1.807, 2.05) is 0 Å². The van der Waals surface area contributed by atoms with E-state index in [9.17, 15) is 0 Å². The fourth-order valence-corrected chi connectivity index (χ4v) is 4.75. The van der Waals surface area contributed by atoms with Crippen LogP contribution in [0.1, 0.15) is 72.1 Å².